The number of carbonyl (C=O) groups excluding carboxylic acids is 2. The zero-order chi connectivity index (χ0) is 33.4. The van der Waals surface area contributed by atoms with E-state index in [-0.39, 0.29) is 32.7 Å². The van der Waals surface area contributed by atoms with Crippen molar-refractivity contribution >= 4 is 90.8 Å². The highest BCUT2D eigenvalue weighted by Gasteiger charge is 2.12. The molecule has 4 N–H and O–H groups in total. The Hall–Kier alpha value is -4.52. The molecule has 0 aromatic heterocycles. The van der Waals surface area contributed by atoms with Crippen LogP contribution in [0.15, 0.2) is 72.8 Å². The van der Waals surface area contributed by atoms with Gasteiger partial charge in [0.1, 0.15) is 0 Å². The summed E-state index contributed by atoms with van der Waals surface area (Å²) in [5.74, 6) is -1.07. The number of nitro benzene ring substituents is 2. The highest BCUT2D eigenvalue weighted by molar-refractivity contribution is 7.83. The van der Waals surface area contributed by atoms with Crippen molar-refractivity contribution in [1.29, 1.82) is 0 Å². The topological polar surface area (TPSA) is 203 Å². The Bertz CT molecular complexity index is 1430. The third-order valence-electron chi connectivity index (χ3n) is 4.54. The fourth-order valence-electron chi connectivity index (χ4n) is 2.78. The molecule has 0 aliphatic heterocycles. The Morgan fingerprint density at radius 3 is 1.07 bits per heavy atom. The first-order chi connectivity index (χ1) is 20.6. The summed E-state index contributed by atoms with van der Waals surface area (Å²) in [5.41, 5.74) is 1.24. The molecule has 0 radical (unpaired) electrons. The number of amides is 2. The van der Waals surface area contributed by atoms with E-state index in [1.165, 1.54) is 48.5 Å². The summed E-state index contributed by atoms with van der Waals surface area (Å²) < 4.78 is 19.1. The van der Waals surface area contributed by atoms with Crippen molar-refractivity contribution in [3.63, 3.8) is 0 Å². The van der Waals surface area contributed by atoms with Crippen LogP contribution >= 0.6 is 24.4 Å². The van der Waals surface area contributed by atoms with Crippen LogP contribution in [-0.2, 0) is 21.6 Å². The Balaban J connectivity index is 0.00000108. The van der Waals surface area contributed by atoms with Crippen LogP contribution in [0.1, 0.15) is 20.7 Å². The number of nitro groups is 2. The van der Waals surface area contributed by atoms with E-state index in [4.69, 9.17) is 24.4 Å². The van der Waals surface area contributed by atoms with E-state index < -0.39 is 43.3 Å². The Labute approximate surface area is 268 Å². The smallest absolute Gasteiger partial charge is 0.269 e. The number of hydrogen-bond donors (Lipinski definition) is 4. The number of non-ortho nitro benzene ring substituents is 2. The third kappa shape index (κ3) is 15.1. The van der Waals surface area contributed by atoms with Crippen LogP contribution in [0.5, 0.6) is 0 Å². The van der Waals surface area contributed by atoms with Crippen LogP contribution in [0.2, 0.25) is 0 Å². The second kappa shape index (κ2) is 18.9. The predicted molar refractivity (Wildman–Crippen MR) is 180 cm³/mol. The Morgan fingerprint density at radius 1 is 0.591 bits per heavy atom. The number of nitrogens with one attached hydrogen (secondary N) is 4. The van der Waals surface area contributed by atoms with E-state index in [0.29, 0.717) is 11.4 Å². The first-order valence-corrected chi connectivity index (χ1v) is 16.7. The second-order valence-electron chi connectivity index (χ2n) is 8.48. The molecule has 0 fully saturated rings. The fraction of sp³-hybridized carbons (Fsp3) is 0.154. The van der Waals surface area contributed by atoms with E-state index in [1.807, 2.05) is 0 Å². The van der Waals surface area contributed by atoms with Crippen molar-refractivity contribution in [2.75, 3.05) is 35.7 Å². The van der Waals surface area contributed by atoms with Gasteiger partial charge in [-0.25, -0.2) is 0 Å². The van der Waals surface area contributed by atoms with Crippen molar-refractivity contribution in [1.82, 2.24) is 10.6 Å². The third-order valence-corrected chi connectivity index (χ3v) is 4.94. The molecular formula is C26H28N6O8S4. The Morgan fingerprint density at radius 2 is 0.841 bits per heavy atom. The minimum atomic E-state index is -0.611. The van der Waals surface area contributed by atoms with Crippen LogP contribution in [0.3, 0.4) is 0 Å². The molecule has 3 aromatic rings. The molecule has 0 heterocycles. The monoisotopic (exact) mass is 680 g/mol. The molecule has 3 aromatic carbocycles. The molecule has 0 bridgehead atoms. The van der Waals surface area contributed by atoms with Crippen molar-refractivity contribution in [3.05, 3.63) is 104 Å². The largest absolute Gasteiger partial charge is 0.332 e. The van der Waals surface area contributed by atoms with Crippen molar-refractivity contribution in [2.45, 2.75) is 0 Å². The van der Waals surface area contributed by atoms with Gasteiger partial charge >= 0.3 is 0 Å². The lowest BCUT2D eigenvalue weighted by molar-refractivity contribution is -0.385. The van der Waals surface area contributed by atoms with Crippen LogP contribution in [0.25, 0.3) is 0 Å². The van der Waals surface area contributed by atoms with Gasteiger partial charge < -0.3 is 10.6 Å². The summed E-state index contributed by atoms with van der Waals surface area (Å²) in [4.78, 5) is 44.8. The van der Waals surface area contributed by atoms with Gasteiger partial charge in [-0.15, -0.1) is 0 Å². The summed E-state index contributed by atoms with van der Waals surface area (Å²) >= 11 is 10.3. The molecule has 3 rings (SSSR count). The van der Waals surface area contributed by atoms with E-state index in [1.54, 1.807) is 49.3 Å². The van der Waals surface area contributed by atoms with Gasteiger partial charge in [-0.05, 0) is 73.0 Å². The number of rotatable bonds is 6. The van der Waals surface area contributed by atoms with Crippen LogP contribution in [0, 0.1) is 20.2 Å². The number of anilines is 2. The van der Waals surface area contributed by atoms with Crippen molar-refractivity contribution in [3.8, 4) is 0 Å². The van der Waals surface area contributed by atoms with Crippen LogP contribution < -0.4 is 21.3 Å². The summed E-state index contributed by atoms with van der Waals surface area (Å²) in [6.45, 7) is 0. The second-order valence-corrected chi connectivity index (χ2v) is 12.3. The van der Waals surface area contributed by atoms with Gasteiger partial charge in [0, 0.05) is 93.4 Å². The quantitative estimate of drug-likeness (QED) is 0.167. The lowest BCUT2D eigenvalue weighted by atomic mass is 10.2. The summed E-state index contributed by atoms with van der Waals surface area (Å²) in [6.07, 6.45) is 6.56. The molecule has 14 nitrogen and oxygen atoms in total. The summed E-state index contributed by atoms with van der Waals surface area (Å²) in [7, 11) is -1.22. The van der Waals surface area contributed by atoms with E-state index >= 15 is 0 Å². The fourth-order valence-corrected chi connectivity index (χ4v) is 3.20. The van der Waals surface area contributed by atoms with Gasteiger partial charge in [0.25, 0.3) is 23.2 Å². The highest BCUT2D eigenvalue weighted by Crippen LogP contribution is 2.15. The molecular weight excluding hydrogens is 653 g/mol. The normalized spacial score (nSPS) is 9.77. The number of thiocarbonyl (C=S) groups is 2. The first-order valence-electron chi connectivity index (χ1n) is 11.9. The SMILES string of the molecule is CS(C)=O.CS(C)=O.O=C(NC(=S)Nc1ccc(NC(=S)NC(=O)c2ccc([N+](=O)[O-])cc2)cc1)c1ccc([N+](=O)[O-])cc1. The number of hydrogen-bond acceptors (Lipinski definition) is 10. The van der Waals surface area contributed by atoms with E-state index in [0.717, 1.165) is 0 Å². The standard InChI is InChI=1S/C22H16N6O6S2.2C2H6OS/c29-19(13-1-9-17(10-2-13)27(31)32)25-21(35)23-15-5-7-16(8-6-15)24-22(36)26-20(30)14-3-11-18(12-4-14)28(33)34;2*1-4(2)3/h1-12H,(H2,23,25,29,35)(H2,24,26,30,36);2*1-2H3. The molecule has 0 atom stereocenters. The summed E-state index contributed by atoms with van der Waals surface area (Å²) in [6, 6.07) is 16.7. The van der Waals surface area contributed by atoms with E-state index in [9.17, 15) is 38.2 Å². The Kier molecular flexibility index (Phi) is 16.1. The number of nitrogens with zero attached hydrogens (tertiary/aromatic N) is 2. The highest BCUT2D eigenvalue weighted by atomic mass is 32.2. The molecule has 2 amide bonds. The maximum atomic E-state index is 12.2. The molecule has 44 heavy (non-hydrogen) atoms. The average Bonchev–Trinajstić information content (AvgIpc) is 2.93. The minimum Gasteiger partial charge on any atom is -0.332 e. The zero-order valence-electron chi connectivity index (χ0n) is 23.7. The molecule has 0 aliphatic carbocycles. The van der Waals surface area contributed by atoms with Gasteiger partial charge in [0.2, 0.25) is 0 Å². The lowest BCUT2D eigenvalue weighted by Gasteiger charge is -2.12. The molecule has 18 heteroatoms. The van der Waals surface area contributed by atoms with Gasteiger partial charge in [-0.1, -0.05) is 0 Å². The zero-order valence-corrected chi connectivity index (χ0v) is 27.0. The van der Waals surface area contributed by atoms with Gasteiger partial charge in [-0.2, -0.15) is 0 Å². The molecule has 0 aliphatic rings. The van der Waals surface area contributed by atoms with E-state index in [2.05, 4.69) is 21.3 Å². The lowest BCUT2D eigenvalue weighted by Crippen LogP contribution is -2.34. The molecule has 0 saturated carbocycles. The maximum absolute atomic E-state index is 12.2. The first kappa shape index (κ1) is 37.5. The van der Waals surface area contributed by atoms with Crippen molar-refractivity contribution < 1.29 is 27.9 Å². The van der Waals surface area contributed by atoms with Gasteiger partial charge in [-0.3, -0.25) is 48.9 Å². The number of benzene rings is 3. The summed E-state index contributed by atoms with van der Waals surface area (Å²) in [5, 5.41) is 32.1. The molecule has 234 valence electrons. The maximum Gasteiger partial charge on any atom is 0.269 e. The minimum absolute atomic E-state index is 0.0185. The molecule has 0 unspecified atom stereocenters. The molecule has 0 spiro atoms. The van der Waals surface area contributed by atoms with Gasteiger partial charge in [0.05, 0.1) is 9.85 Å². The van der Waals surface area contributed by atoms with Crippen LogP contribution in [0.4, 0.5) is 22.7 Å². The van der Waals surface area contributed by atoms with Crippen molar-refractivity contribution in [2.24, 2.45) is 0 Å². The van der Waals surface area contributed by atoms with Gasteiger partial charge in [0.15, 0.2) is 10.2 Å². The molecule has 0 saturated heterocycles. The number of carbonyl (C=O) groups is 2. The van der Waals surface area contributed by atoms with Crippen LogP contribution in [-0.4, -0.2) is 65.3 Å². The average molecular weight is 681 g/mol. The predicted octanol–water partition coefficient (Wildman–Crippen LogP) is 3.75.